The first-order valence-corrected chi connectivity index (χ1v) is 6.74. The van der Waals surface area contributed by atoms with Gasteiger partial charge in [0.2, 0.25) is 0 Å². The van der Waals surface area contributed by atoms with Crippen LogP contribution < -0.4 is 4.74 Å². The predicted molar refractivity (Wildman–Crippen MR) is 81.8 cm³/mol. The summed E-state index contributed by atoms with van der Waals surface area (Å²) in [6.45, 7) is 6.13. The molecule has 0 saturated carbocycles. The molecule has 21 heavy (non-hydrogen) atoms. The molecule has 3 heteroatoms. The lowest BCUT2D eigenvalue weighted by atomic mass is 9.84. The second kappa shape index (κ2) is 5.80. The van der Waals surface area contributed by atoms with Gasteiger partial charge in [0.05, 0.1) is 0 Å². The molecule has 0 N–H and O–H groups in total. The van der Waals surface area contributed by atoms with Crippen molar-refractivity contribution in [3.63, 3.8) is 0 Å². The monoisotopic (exact) mass is 279 g/mol. The molecule has 3 nitrogen and oxygen atoms in total. The van der Waals surface area contributed by atoms with Gasteiger partial charge >= 0.3 is 5.97 Å². The zero-order valence-corrected chi connectivity index (χ0v) is 12.4. The van der Waals surface area contributed by atoms with E-state index in [4.69, 9.17) is 10.00 Å². The summed E-state index contributed by atoms with van der Waals surface area (Å²) in [5, 5.41) is 8.73. The lowest BCUT2D eigenvalue weighted by molar-refractivity contribution is -0.128. The topological polar surface area (TPSA) is 50.1 Å². The molecule has 0 amide bonds. The van der Waals surface area contributed by atoms with E-state index < -0.39 is 5.97 Å². The number of para-hydroxylation sites is 1. The van der Waals surface area contributed by atoms with Crippen LogP contribution in [0.15, 0.2) is 48.5 Å². The van der Waals surface area contributed by atoms with Gasteiger partial charge in [-0.3, -0.25) is 0 Å². The Kier molecular flexibility index (Phi) is 4.09. The van der Waals surface area contributed by atoms with Gasteiger partial charge in [0.25, 0.3) is 0 Å². The predicted octanol–water partition coefficient (Wildman–Crippen LogP) is 4.08. The van der Waals surface area contributed by atoms with Crippen molar-refractivity contribution >= 4 is 5.97 Å². The maximum atomic E-state index is 11.5. The fraction of sp³-hybridized carbons (Fsp3) is 0.222. The third kappa shape index (κ3) is 3.29. The summed E-state index contributed by atoms with van der Waals surface area (Å²) in [7, 11) is 0. The Hall–Kier alpha value is -2.60. The van der Waals surface area contributed by atoms with Gasteiger partial charge in [0.15, 0.2) is 6.07 Å². The zero-order valence-electron chi connectivity index (χ0n) is 12.4. The summed E-state index contributed by atoms with van der Waals surface area (Å²) in [6, 6.07) is 16.9. The molecule has 0 aliphatic rings. The van der Waals surface area contributed by atoms with Crippen LogP contribution in [0.2, 0.25) is 0 Å². The lowest BCUT2D eigenvalue weighted by Crippen LogP contribution is -2.16. The minimum atomic E-state index is -0.899. The Morgan fingerprint density at radius 2 is 1.71 bits per heavy atom. The standard InChI is InChI=1S/C18H17NO2/c1-18(2,3)15-11-7-10-14(13-8-5-4-6-9-13)17(15)21-16(20)12-19/h4-11H,1-3H3. The molecule has 0 bridgehead atoms. The summed E-state index contributed by atoms with van der Waals surface area (Å²) in [4.78, 5) is 11.5. The van der Waals surface area contributed by atoms with Crippen LogP contribution in [0.3, 0.4) is 0 Å². The van der Waals surface area contributed by atoms with Gasteiger partial charge in [-0.2, -0.15) is 5.26 Å². The highest BCUT2D eigenvalue weighted by Crippen LogP contribution is 2.39. The Labute approximate surface area is 124 Å². The maximum Gasteiger partial charge on any atom is 0.416 e. The summed E-state index contributed by atoms with van der Waals surface area (Å²) in [5.41, 5.74) is 2.46. The number of nitriles is 1. The number of ether oxygens (including phenoxy) is 1. The van der Waals surface area contributed by atoms with Crippen molar-refractivity contribution in [1.82, 2.24) is 0 Å². The van der Waals surface area contributed by atoms with Crippen LogP contribution in [0.1, 0.15) is 26.3 Å². The summed E-state index contributed by atoms with van der Waals surface area (Å²) < 4.78 is 5.31. The van der Waals surface area contributed by atoms with E-state index in [0.717, 1.165) is 16.7 Å². The molecule has 2 aromatic rings. The molecule has 2 aromatic carbocycles. The van der Waals surface area contributed by atoms with Crippen LogP contribution in [-0.4, -0.2) is 5.97 Å². The number of esters is 1. The van der Waals surface area contributed by atoms with E-state index in [-0.39, 0.29) is 5.41 Å². The van der Waals surface area contributed by atoms with Gasteiger partial charge < -0.3 is 4.74 Å². The van der Waals surface area contributed by atoms with Crippen LogP contribution in [0, 0.1) is 11.3 Å². The van der Waals surface area contributed by atoms with Crippen LogP contribution in [-0.2, 0) is 10.2 Å². The van der Waals surface area contributed by atoms with Crippen molar-refractivity contribution in [3.05, 3.63) is 54.1 Å². The third-order valence-electron chi connectivity index (χ3n) is 3.19. The van der Waals surface area contributed by atoms with Crippen molar-refractivity contribution in [3.8, 4) is 22.9 Å². The van der Waals surface area contributed by atoms with E-state index in [1.807, 2.05) is 69.3 Å². The molecule has 106 valence electrons. The molecule has 0 heterocycles. The molecular weight excluding hydrogens is 262 g/mol. The van der Waals surface area contributed by atoms with Crippen molar-refractivity contribution in [2.24, 2.45) is 0 Å². The van der Waals surface area contributed by atoms with Crippen molar-refractivity contribution in [1.29, 1.82) is 5.26 Å². The first-order chi connectivity index (χ1) is 9.93. The van der Waals surface area contributed by atoms with E-state index in [1.54, 1.807) is 0 Å². The van der Waals surface area contributed by atoms with E-state index in [9.17, 15) is 4.79 Å². The Bertz CT molecular complexity index is 691. The van der Waals surface area contributed by atoms with Crippen molar-refractivity contribution < 1.29 is 9.53 Å². The van der Waals surface area contributed by atoms with Crippen LogP contribution in [0.5, 0.6) is 5.75 Å². The average molecular weight is 279 g/mol. The molecule has 0 saturated heterocycles. The molecule has 0 fully saturated rings. The second-order valence-electron chi connectivity index (χ2n) is 5.80. The summed E-state index contributed by atoms with van der Waals surface area (Å²) >= 11 is 0. The minimum absolute atomic E-state index is 0.199. The largest absolute Gasteiger partial charge is 0.416 e. The molecule has 0 aliphatic heterocycles. The zero-order chi connectivity index (χ0) is 15.5. The normalized spacial score (nSPS) is 10.8. The lowest BCUT2D eigenvalue weighted by Gasteiger charge is -2.23. The van der Waals surface area contributed by atoms with Gasteiger partial charge in [0.1, 0.15) is 5.75 Å². The molecule has 0 radical (unpaired) electrons. The van der Waals surface area contributed by atoms with E-state index >= 15 is 0 Å². The fourth-order valence-electron chi connectivity index (χ4n) is 2.20. The van der Waals surface area contributed by atoms with Gasteiger partial charge in [0, 0.05) is 11.1 Å². The number of rotatable bonds is 2. The van der Waals surface area contributed by atoms with Gasteiger partial charge in [-0.05, 0) is 11.0 Å². The van der Waals surface area contributed by atoms with Crippen molar-refractivity contribution in [2.75, 3.05) is 0 Å². The molecule has 0 atom stereocenters. The van der Waals surface area contributed by atoms with E-state index in [2.05, 4.69) is 0 Å². The number of hydrogen-bond acceptors (Lipinski definition) is 3. The fourth-order valence-corrected chi connectivity index (χ4v) is 2.20. The minimum Gasteiger partial charge on any atom is -0.414 e. The smallest absolute Gasteiger partial charge is 0.414 e. The van der Waals surface area contributed by atoms with Crippen LogP contribution in [0.4, 0.5) is 0 Å². The molecule has 0 aliphatic carbocycles. The number of benzene rings is 2. The molecule has 0 aromatic heterocycles. The number of nitrogens with zero attached hydrogens (tertiary/aromatic N) is 1. The second-order valence-corrected chi connectivity index (χ2v) is 5.80. The van der Waals surface area contributed by atoms with Crippen LogP contribution in [0.25, 0.3) is 11.1 Å². The summed E-state index contributed by atoms with van der Waals surface area (Å²) in [6.07, 6.45) is 0. The van der Waals surface area contributed by atoms with Crippen molar-refractivity contribution in [2.45, 2.75) is 26.2 Å². The first kappa shape index (κ1) is 14.8. The molecule has 0 unspecified atom stereocenters. The summed E-state index contributed by atoms with van der Waals surface area (Å²) in [5.74, 6) is -0.438. The van der Waals surface area contributed by atoms with Gasteiger partial charge in [-0.1, -0.05) is 69.3 Å². The van der Waals surface area contributed by atoms with E-state index in [0.29, 0.717) is 5.75 Å². The Balaban J connectivity index is 2.65. The Morgan fingerprint density at radius 3 is 2.29 bits per heavy atom. The number of carbonyl (C=O) groups excluding carboxylic acids is 1. The molecule has 2 rings (SSSR count). The molecule has 0 spiro atoms. The highest BCUT2D eigenvalue weighted by atomic mass is 16.5. The average Bonchev–Trinajstić information content (AvgIpc) is 2.47. The highest BCUT2D eigenvalue weighted by molar-refractivity contribution is 5.89. The molecular formula is C18H17NO2. The highest BCUT2D eigenvalue weighted by Gasteiger charge is 2.23. The quantitative estimate of drug-likeness (QED) is 0.473. The number of carbonyl (C=O) groups is 1. The van der Waals surface area contributed by atoms with Gasteiger partial charge in [-0.15, -0.1) is 0 Å². The number of hydrogen-bond donors (Lipinski definition) is 0. The van der Waals surface area contributed by atoms with Crippen LogP contribution >= 0.6 is 0 Å². The Morgan fingerprint density at radius 1 is 1.05 bits per heavy atom. The van der Waals surface area contributed by atoms with Gasteiger partial charge in [-0.25, -0.2) is 4.79 Å². The SMILES string of the molecule is CC(C)(C)c1cccc(-c2ccccc2)c1OC(=O)C#N. The first-order valence-electron chi connectivity index (χ1n) is 6.74. The van der Waals surface area contributed by atoms with E-state index in [1.165, 1.54) is 6.07 Å². The maximum absolute atomic E-state index is 11.5. The third-order valence-corrected chi connectivity index (χ3v) is 3.19.